The molecule has 5 nitrogen and oxygen atoms in total. The van der Waals surface area contributed by atoms with Crippen LogP contribution in [0, 0.1) is 0 Å². The Morgan fingerprint density at radius 3 is 2.21 bits per heavy atom. The monoisotopic (exact) mass is 459 g/mol. The summed E-state index contributed by atoms with van der Waals surface area (Å²) in [6, 6.07) is 20.8. The summed E-state index contributed by atoms with van der Waals surface area (Å²) in [5.41, 5.74) is 2.53. The van der Waals surface area contributed by atoms with Crippen LogP contribution in [0.5, 0.6) is 0 Å². The van der Waals surface area contributed by atoms with Gasteiger partial charge in [0, 0.05) is 37.5 Å². The van der Waals surface area contributed by atoms with E-state index in [-0.39, 0.29) is 29.8 Å². The third-order valence-corrected chi connectivity index (χ3v) is 8.18. The lowest BCUT2D eigenvalue weighted by Gasteiger charge is -2.35. The molecule has 3 aliphatic rings. The standard InChI is InChI=1S/C29H37N3O2/c1-2-25-14-9-15-26(30-25)28(33)32-20-24(22-12-7-4-8-13-22)18-27(32)29(34)31-17-16-23(19-31)21-10-5-3-6-11-21/h3-8,10-13,23-27,30H,2,9,14-20H2,1H3. The second-order valence-electron chi connectivity index (χ2n) is 10.3. The van der Waals surface area contributed by atoms with E-state index in [4.69, 9.17) is 0 Å². The van der Waals surface area contributed by atoms with Gasteiger partial charge >= 0.3 is 0 Å². The van der Waals surface area contributed by atoms with E-state index in [0.717, 1.165) is 45.2 Å². The van der Waals surface area contributed by atoms with Gasteiger partial charge in [-0.2, -0.15) is 0 Å². The molecule has 5 heteroatoms. The van der Waals surface area contributed by atoms with Crippen molar-refractivity contribution in [2.75, 3.05) is 19.6 Å². The van der Waals surface area contributed by atoms with Gasteiger partial charge in [0.1, 0.15) is 6.04 Å². The zero-order chi connectivity index (χ0) is 23.5. The molecule has 5 atom stereocenters. The van der Waals surface area contributed by atoms with Gasteiger partial charge in [0.15, 0.2) is 0 Å². The number of hydrogen-bond acceptors (Lipinski definition) is 3. The maximum Gasteiger partial charge on any atom is 0.245 e. The predicted octanol–water partition coefficient (Wildman–Crippen LogP) is 4.31. The largest absolute Gasteiger partial charge is 0.340 e. The van der Waals surface area contributed by atoms with E-state index in [0.29, 0.717) is 24.9 Å². The Morgan fingerprint density at radius 1 is 0.853 bits per heavy atom. The molecule has 0 aromatic heterocycles. The van der Waals surface area contributed by atoms with E-state index in [1.54, 1.807) is 0 Å². The first-order valence-corrected chi connectivity index (χ1v) is 13.1. The molecule has 34 heavy (non-hydrogen) atoms. The number of amides is 2. The molecule has 1 N–H and O–H groups in total. The number of nitrogens with one attached hydrogen (secondary N) is 1. The highest BCUT2D eigenvalue weighted by Crippen LogP contribution is 2.36. The normalized spacial score (nSPS) is 29.4. The van der Waals surface area contributed by atoms with Crippen LogP contribution < -0.4 is 5.32 Å². The van der Waals surface area contributed by atoms with Crippen molar-refractivity contribution in [3.05, 3.63) is 71.8 Å². The van der Waals surface area contributed by atoms with Gasteiger partial charge in [0.05, 0.1) is 6.04 Å². The van der Waals surface area contributed by atoms with Gasteiger partial charge in [-0.25, -0.2) is 0 Å². The second-order valence-corrected chi connectivity index (χ2v) is 10.3. The topological polar surface area (TPSA) is 52.7 Å². The van der Waals surface area contributed by atoms with E-state index < -0.39 is 0 Å². The van der Waals surface area contributed by atoms with Crippen LogP contribution in [0.3, 0.4) is 0 Å². The fraction of sp³-hybridized carbons (Fsp3) is 0.517. The molecule has 3 saturated heterocycles. The minimum atomic E-state index is -0.365. The summed E-state index contributed by atoms with van der Waals surface area (Å²) in [5.74, 6) is 0.838. The number of nitrogens with zero attached hydrogens (tertiary/aromatic N) is 2. The number of rotatable bonds is 5. The van der Waals surface area contributed by atoms with Crippen LogP contribution in [-0.4, -0.2) is 59.4 Å². The minimum absolute atomic E-state index is 0.119. The van der Waals surface area contributed by atoms with Gasteiger partial charge < -0.3 is 15.1 Å². The molecule has 2 aromatic rings. The molecule has 2 aromatic carbocycles. The average Bonchev–Trinajstić information content (AvgIpc) is 3.57. The van der Waals surface area contributed by atoms with Gasteiger partial charge in [-0.3, -0.25) is 9.59 Å². The van der Waals surface area contributed by atoms with Crippen molar-refractivity contribution in [3.63, 3.8) is 0 Å². The van der Waals surface area contributed by atoms with Crippen LogP contribution in [0.25, 0.3) is 0 Å². The number of piperidine rings is 1. The molecule has 180 valence electrons. The van der Waals surface area contributed by atoms with E-state index in [9.17, 15) is 9.59 Å². The lowest BCUT2D eigenvalue weighted by Crippen LogP contribution is -2.55. The molecular formula is C29H37N3O2. The van der Waals surface area contributed by atoms with Gasteiger partial charge in [0.2, 0.25) is 11.8 Å². The second kappa shape index (κ2) is 10.3. The molecule has 3 heterocycles. The van der Waals surface area contributed by atoms with Gasteiger partial charge in [-0.05, 0) is 49.7 Å². The smallest absolute Gasteiger partial charge is 0.245 e. The molecule has 0 bridgehead atoms. The Bertz CT molecular complexity index is 979. The maximum atomic E-state index is 13.8. The molecular weight excluding hydrogens is 422 g/mol. The van der Waals surface area contributed by atoms with Crippen molar-refractivity contribution in [2.24, 2.45) is 0 Å². The lowest BCUT2D eigenvalue weighted by atomic mass is 9.96. The van der Waals surface area contributed by atoms with Crippen LogP contribution in [0.1, 0.15) is 68.4 Å². The van der Waals surface area contributed by atoms with Crippen molar-refractivity contribution >= 4 is 11.8 Å². The summed E-state index contributed by atoms with van der Waals surface area (Å²) in [6.45, 7) is 4.32. The number of benzene rings is 2. The highest BCUT2D eigenvalue weighted by molar-refractivity contribution is 5.91. The molecule has 3 fully saturated rings. The molecule has 3 aliphatic heterocycles. The molecule has 5 unspecified atom stereocenters. The number of carbonyl (C=O) groups excluding carboxylic acids is 2. The van der Waals surface area contributed by atoms with Crippen LogP contribution in [0.15, 0.2) is 60.7 Å². The van der Waals surface area contributed by atoms with E-state index in [1.807, 2.05) is 21.9 Å². The summed E-state index contributed by atoms with van der Waals surface area (Å²) in [5, 5.41) is 3.58. The molecule has 0 spiro atoms. The van der Waals surface area contributed by atoms with Crippen LogP contribution in [0.2, 0.25) is 0 Å². The highest BCUT2D eigenvalue weighted by Gasteiger charge is 2.45. The Balaban J connectivity index is 1.34. The third-order valence-electron chi connectivity index (χ3n) is 8.18. The molecule has 0 saturated carbocycles. The van der Waals surface area contributed by atoms with Crippen molar-refractivity contribution in [3.8, 4) is 0 Å². The summed E-state index contributed by atoms with van der Waals surface area (Å²) < 4.78 is 0. The molecule has 0 aliphatic carbocycles. The summed E-state index contributed by atoms with van der Waals surface area (Å²) in [4.78, 5) is 31.5. The van der Waals surface area contributed by atoms with Gasteiger partial charge in [0.25, 0.3) is 0 Å². The van der Waals surface area contributed by atoms with Crippen LogP contribution in [-0.2, 0) is 9.59 Å². The molecule has 2 amide bonds. The SMILES string of the molecule is CCC1CCCC(C(=O)N2CC(c3ccccc3)CC2C(=O)N2CCC(c3ccccc3)C2)N1. The predicted molar refractivity (Wildman–Crippen MR) is 135 cm³/mol. The number of hydrogen-bond donors (Lipinski definition) is 1. The Hall–Kier alpha value is -2.66. The van der Waals surface area contributed by atoms with Crippen molar-refractivity contribution in [2.45, 2.75) is 75.4 Å². The fourth-order valence-corrected chi connectivity index (χ4v) is 6.19. The first kappa shape index (κ1) is 23.1. The van der Waals surface area contributed by atoms with Crippen LogP contribution >= 0.6 is 0 Å². The maximum absolute atomic E-state index is 13.8. The zero-order valence-corrected chi connectivity index (χ0v) is 20.2. The minimum Gasteiger partial charge on any atom is -0.340 e. The zero-order valence-electron chi connectivity index (χ0n) is 20.2. The van der Waals surface area contributed by atoms with Crippen LogP contribution in [0.4, 0.5) is 0 Å². The first-order chi connectivity index (χ1) is 16.6. The van der Waals surface area contributed by atoms with E-state index in [2.05, 4.69) is 60.8 Å². The third kappa shape index (κ3) is 4.76. The Kier molecular flexibility index (Phi) is 7.00. The van der Waals surface area contributed by atoms with Crippen molar-refractivity contribution < 1.29 is 9.59 Å². The molecule has 5 rings (SSSR count). The van der Waals surface area contributed by atoms with E-state index >= 15 is 0 Å². The average molecular weight is 460 g/mol. The molecule has 0 radical (unpaired) electrons. The highest BCUT2D eigenvalue weighted by atomic mass is 16.2. The Morgan fingerprint density at radius 2 is 1.53 bits per heavy atom. The van der Waals surface area contributed by atoms with Gasteiger partial charge in [-0.15, -0.1) is 0 Å². The number of carbonyl (C=O) groups is 2. The summed E-state index contributed by atoms with van der Waals surface area (Å²) in [7, 11) is 0. The first-order valence-electron chi connectivity index (χ1n) is 13.1. The van der Waals surface area contributed by atoms with E-state index in [1.165, 1.54) is 11.1 Å². The Labute approximate surface area is 203 Å². The van der Waals surface area contributed by atoms with Crippen molar-refractivity contribution in [1.82, 2.24) is 15.1 Å². The van der Waals surface area contributed by atoms with Gasteiger partial charge in [-0.1, -0.05) is 67.6 Å². The fourth-order valence-electron chi connectivity index (χ4n) is 6.19. The lowest BCUT2D eigenvalue weighted by molar-refractivity contribution is -0.144. The number of likely N-dealkylation sites (tertiary alicyclic amines) is 2. The van der Waals surface area contributed by atoms with Crippen molar-refractivity contribution in [1.29, 1.82) is 0 Å². The quantitative estimate of drug-likeness (QED) is 0.725. The summed E-state index contributed by atoms with van der Waals surface area (Å²) >= 11 is 0. The summed E-state index contributed by atoms with van der Waals surface area (Å²) in [6.07, 6.45) is 5.80.